The maximum atomic E-state index is 8.74. The van der Waals surface area contributed by atoms with Gasteiger partial charge in [0.1, 0.15) is 23.2 Å². The van der Waals surface area contributed by atoms with Crippen molar-refractivity contribution in [1.82, 2.24) is 0 Å². The van der Waals surface area contributed by atoms with E-state index in [1.54, 1.807) is 0 Å². The lowest BCUT2D eigenvalue weighted by atomic mass is 10.2. The van der Waals surface area contributed by atoms with E-state index in [0.717, 1.165) is 0 Å². The first-order chi connectivity index (χ1) is 14.9. The zero-order chi connectivity index (χ0) is 22.6. The van der Waals surface area contributed by atoms with Crippen molar-refractivity contribution in [1.29, 1.82) is 0 Å². The third-order valence-corrected chi connectivity index (χ3v) is 9.71. The molecule has 0 aliphatic rings. The van der Waals surface area contributed by atoms with Crippen LogP contribution in [0.25, 0.3) is 0 Å². The van der Waals surface area contributed by atoms with Crippen molar-refractivity contribution in [3.63, 3.8) is 0 Å². The van der Waals surface area contributed by atoms with Gasteiger partial charge in [0, 0.05) is 0 Å². The van der Waals surface area contributed by atoms with E-state index >= 15 is 0 Å². The summed E-state index contributed by atoms with van der Waals surface area (Å²) < 4.78 is 31.6. The minimum atomic E-state index is -4.67. The Kier molecular flexibility index (Phi) is 10.4. The summed E-state index contributed by atoms with van der Waals surface area (Å²) in [7, 11) is -6.27. The van der Waals surface area contributed by atoms with E-state index in [0.29, 0.717) is 0 Å². The van der Waals surface area contributed by atoms with Crippen LogP contribution in [0.3, 0.4) is 0 Å². The molecule has 166 valence electrons. The molecule has 4 nitrogen and oxygen atoms in total. The van der Waals surface area contributed by atoms with Crippen LogP contribution in [-0.4, -0.2) is 23.7 Å². The molecule has 2 N–H and O–H groups in total. The van der Waals surface area contributed by atoms with Crippen LogP contribution in [0.4, 0.5) is 0 Å². The SMILES string of the molecule is CCCCCCC[P+](c1ccccc1)(c1ccccc1)c1ccccc1.O=S(=O)(O)O. The van der Waals surface area contributed by atoms with Crippen LogP contribution in [0.15, 0.2) is 91.0 Å². The second kappa shape index (κ2) is 12.7. The zero-order valence-corrected chi connectivity index (χ0v) is 19.7. The summed E-state index contributed by atoms with van der Waals surface area (Å²) >= 11 is 0. The quantitative estimate of drug-likeness (QED) is 0.259. The van der Waals surface area contributed by atoms with Crippen molar-refractivity contribution in [2.75, 3.05) is 6.16 Å². The summed E-state index contributed by atoms with van der Waals surface area (Å²) in [5, 5.41) is 4.52. The van der Waals surface area contributed by atoms with Crippen molar-refractivity contribution in [2.24, 2.45) is 0 Å². The molecule has 0 heterocycles. The molecule has 0 bridgehead atoms. The number of hydrogen-bond acceptors (Lipinski definition) is 2. The van der Waals surface area contributed by atoms with E-state index in [1.165, 1.54) is 54.2 Å². The van der Waals surface area contributed by atoms with Gasteiger partial charge >= 0.3 is 10.4 Å². The van der Waals surface area contributed by atoms with Crippen LogP contribution >= 0.6 is 7.26 Å². The van der Waals surface area contributed by atoms with Gasteiger partial charge in [0.15, 0.2) is 0 Å². The van der Waals surface area contributed by atoms with E-state index < -0.39 is 17.7 Å². The van der Waals surface area contributed by atoms with Crippen LogP contribution in [0.5, 0.6) is 0 Å². The Morgan fingerprint density at radius 1 is 0.613 bits per heavy atom. The van der Waals surface area contributed by atoms with E-state index in [9.17, 15) is 0 Å². The van der Waals surface area contributed by atoms with Gasteiger partial charge in [-0.05, 0) is 49.2 Å². The molecule has 6 heteroatoms. The standard InChI is InChI=1S/C25H30P.H2O4S/c1-2-3-4-5-15-22-26(23-16-9-6-10-17-23,24-18-11-7-12-19-24)25-20-13-8-14-21-25;1-5(2,3)4/h6-14,16-21H,2-5,15,22H2,1H3;(H2,1,2,3,4)/q+1;. The van der Waals surface area contributed by atoms with Gasteiger partial charge in [-0.3, -0.25) is 9.11 Å². The second-order valence-electron chi connectivity index (χ2n) is 7.40. The fourth-order valence-corrected chi connectivity index (χ4v) is 8.24. The number of benzene rings is 3. The molecule has 31 heavy (non-hydrogen) atoms. The summed E-state index contributed by atoms with van der Waals surface area (Å²) in [6.45, 7) is 2.29. The van der Waals surface area contributed by atoms with E-state index in [2.05, 4.69) is 97.9 Å². The molecule has 0 radical (unpaired) electrons. The van der Waals surface area contributed by atoms with Gasteiger partial charge in [-0.1, -0.05) is 80.8 Å². The van der Waals surface area contributed by atoms with Crippen LogP contribution in [-0.2, 0) is 10.4 Å². The van der Waals surface area contributed by atoms with Crippen LogP contribution in [0.1, 0.15) is 39.0 Å². The van der Waals surface area contributed by atoms with Crippen LogP contribution in [0.2, 0.25) is 0 Å². The summed E-state index contributed by atoms with van der Waals surface area (Å²) in [5.41, 5.74) is 0. The molecule has 0 fully saturated rings. The summed E-state index contributed by atoms with van der Waals surface area (Å²) in [4.78, 5) is 0. The first-order valence-corrected chi connectivity index (χ1v) is 14.0. The van der Waals surface area contributed by atoms with Gasteiger partial charge < -0.3 is 0 Å². The second-order valence-corrected chi connectivity index (χ2v) is 11.9. The van der Waals surface area contributed by atoms with Crippen LogP contribution < -0.4 is 15.9 Å². The fraction of sp³-hybridized carbons (Fsp3) is 0.280. The fourth-order valence-electron chi connectivity index (χ4n) is 3.83. The molecule has 3 aromatic rings. The van der Waals surface area contributed by atoms with Gasteiger partial charge in [0.25, 0.3) is 0 Å². The molecule has 0 amide bonds. The lowest BCUT2D eigenvalue weighted by Crippen LogP contribution is -2.33. The van der Waals surface area contributed by atoms with Crippen LogP contribution in [0, 0.1) is 0 Å². The Morgan fingerprint density at radius 2 is 0.935 bits per heavy atom. The highest BCUT2D eigenvalue weighted by molar-refractivity contribution is 7.95. The third kappa shape index (κ3) is 8.19. The highest BCUT2D eigenvalue weighted by Gasteiger charge is 2.44. The Labute approximate surface area is 187 Å². The average Bonchev–Trinajstić information content (AvgIpc) is 2.77. The third-order valence-electron chi connectivity index (χ3n) is 5.19. The van der Waals surface area contributed by atoms with Gasteiger partial charge in [-0.2, -0.15) is 8.42 Å². The highest BCUT2D eigenvalue weighted by Crippen LogP contribution is 2.55. The van der Waals surface area contributed by atoms with Crippen molar-refractivity contribution in [2.45, 2.75) is 39.0 Å². The predicted molar refractivity (Wildman–Crippen MR) is 133 cm³/mol. The number of rotatable bonds is 9. The first kappa shape index (κ1) is 25.2. The molecule has 0 saturated heterocycles. The molecular formula is C25H32O4PS+. The molecular weight excluding hydrogens is 427 g/mol. The highest BCUT2D eigenvalue weighted by atomic mass is 32.3. The smallest absolute Gasteiger partial charge is 0.264 e. The Hall–Kier alpha value is -2.04. The van der Waals surface area contributed by atoms with Crippen molar-refractivity contribution >= 4 is 33.6 Å². The lowest BCUT2D eigenvalue weighted by Gasteiger charge is -2.27. The molecule has 0 saturated carbocycles. The van der Waals surface area contributed by atoms with Gasteiger partial charge in [0.05, 0.1) is 6.16 Å². The minimum Gasteiger partial charge on any atom is -0.264 e. The zero-order valence-electron chi connectivity index (χ0n) is 18.0. The maximum absolute atomic E-state index is 8.74. The van der Waals surface area contributed by atoms with Crippen molar-refractivity contribution < 1.29 is 17.5 Å². The first-order valence-electron chi connectivity index (χ1n) is 10.6. The number of unbranched alkanes of at least 4 members (excludes halogenated alkanes) is 4. The predicted octanol–water partition coefficient (Wildman–Crippen LogP) is 5.30. The Bertz CT molecular complexity index is 873. The molecule has 0 aromatic heterocycles. The molecule has 0 aliphatic heterocycles. The van der Waals surface area contributed by atoms with Gasteiger partial charge in [-0.15, -0.1) is 0 Å². The summed E-state index contributed by atoms with van der Waals surface area (Å²) in [5.74, 6) is 0. The lowest BCUT2D eigenvalue weighted by molar-refractivity contribution is 0.381. The number of hydrogen-bond donors (Lipinski definition) is 2. The molecule has 3 aromatic carbocycles. The van der Waals surface area contributed by atoms with E-state index in [1.807, 2.05) is 0 Å². The average molecular weight is 460 g/mol. The summed E-state index contributed by atoms with van der Waals surface area (Å²) in [6.07, 6.45) is 7.90. The molecule has 0 spiro atoms. The maximum Gasteiger partial charge on any atom is 0.394 e. The largest absolute Gasteiger partial charge is 0.394 e. The van der Waals surface area contributed by atoms with E-state index in [-0.39, 0.29) is 0 Å². The van der Waals surface area contributed by atoms with Gasteiger partial charge in [-0.25, -0.2) is 0 Å². The molecule has 0 atom stereocenters. The topological polar surface area (TPSA) is 74.6 Å². The van der Waals surface area contributed by atoms with Gasteiger partial charge in [0.2, 0.25) is 0 Å². The Morgan fingerprint density at radius 3 is 1.26 bits per heavy atom. The molecule has 0 unspecified atom stereocenters. The molecule has 0 aliphatic carbocycles. The van der Waals surface area contributed by atoms with Crippen molar-refractivity contribution in [3.05, 3.63) is 91.0 Å². The Balaban J connectivity index is 0.000000614. The molecule has 3 rings (SSSR count). The van der Waals surface area contributed by atoms with Crippen molar-refractivity contribution in [3.8, 4) is 0 Å². The monoisotopic (exact) mass is 459 g/mol. The normalized spacial score (nSPS) is 11.5. The minimum absolute atomic E-state index is 1.26. The summed E-state index contributed by atoms with van der Waals surface area (Å²) in [6, 6.07) is 33.7. The van der Waals surface area contributed by atoms with E-state index in [4.69, 9.17) is 17.5 Å².